The Hall–Kier alpha value is -0.480. The predicted octanol–water partition coefficient (Wildman–Crippen LogP) is 3.35. The number of hydrogen-bond acceptors (Lipinski definition) is 3. The van der Waals surface area contributed by atoms with E-state index in [2.05, 4.69) is 33.2 Å². The first kappa shape index (κ1) is 10.1. The number of thioether (sulfide) groups is 1. The number of anilines is 1. The van der Waals surface area contributed by atoms with E-state index in [1.807, 2.05) is 24.3 Å². The van der Waals surface area contributed by atoms with Gasteiger partial charge in [-0.3, -0.25) is 4.99 Å². The molecule has 0 amide bonds. The molecule has 0 spiro atoms. The van der Waals surface area contributed by atoms with Crippen LogP contribution in [0.15, 0.2) is 33.7 Å². The third-order valence-electron chi connectivity index (χ3n) is 1.88. The molecule has 1 aliphatic heterocycles. The molecule has 0 fully saturated rings. The minimum atomic E-state index is 0.602. The van der Waals surface area contributed by atoms with Crippen molar-refractivity contribution in [2.75, 3.05) is 11.9 Å². The summed E-state index contributed by atoms with van der Waals surface area (Å²) in [6.07, 6.45) is 0. The monoisotopic (exact) mass is 270 g/mol. The molecule has 0 saturated heterocycles. The van der Waals surface area contributed by atoms with Crippen LogP contribution in [-0.4, -0.2) is 17.0 Å². The van der Waals surface area contributed by atoms with Gasteiger partial charge in [-0.2, -0.15) is 0 Å². The van der Waals surface area contributed by atoms with Crippen molar-refractivity contribution >= 4 is 38.5 Å². The van der Waals surface area contributed by atoms with E-state index >= 15 is 0 Å². The first-order valence-corrected chi connectivity index (χ1v) is 6.15. The van der Waals surface area contributed by atoms with Crippen LogP contribution in [0.5, 0.6) is 0 Å². The van der Waals surface area contributed by atoms with Crippen LogP contribution in [0, 0.1) is 0 Å². The summed E-state index contributed by atoms with van der Waals surface area (Å²) < 4.78 is 1.08. The minimum absolute atomic E-state index is 0.602. The average Bonchev–Trinajstić information content (AvgIpc) is 2.51. The van der Waals surface area contributed by atoms with Gasteiger partial charge in [-0.15, -0.1) is 0 Å². The summed E-state index contributed by atoms with van der Waals surface area (Å²) in [5, 5.41) is 4.92. The van der Waals surface area contributed by atoms with Crippen molar-refractivity contribution in [1.82, 2.24) is 0 Å². The number of aliphatic imine (C=N–C) groups is 1. The van der Waals surface area contributed by atoms with Crippen LogP contribution < -0.4 is 5.32 Å². The number of halogens is 1. The Morgan fingerprint density at radius 2 is 2.43 bits per heavy atom. The van der Waals surface area contributed by atoms with Gasteiger partial charge < -0.3 is 5.32 Å². The van der Waals surface area contributed by atoms with Crippen LogP contribution in [0.1, 0.15) is 6.92 Å². The third kappa shape index (κ3) is 2.51. The number of benzene rings is 1. The lowest BCUT2D eigenvalue weighted by Crippen LogP contribution is -2.05. The van der Waals surface area contributed by atoms with Crippen molar-refractivity contribution in [2.24, 2.45) is 4.99 Å². The Morgan fingerprint density at radius 1 is 1.57 bits per heavy atom. The zero-order valence-corrected chi connectivity index (χ0v) is 10.2. The highest BCUT2D eigenvalue weighted by atomic mass is 79.9. The highest BCUT2D eigenvalue weighted by Gasteiger charge is 2.14. The van der Waals surface area contributed by atoms with Crippen LogP contribution in [0.2, 0.25) is 0 Å². The van der Waals surface area contributed by atoms with Crippen LogP contribution in [0.3, 0.4) is 0 Å². The van der Waals surface area contributed by atoms with E-state index in [-0.39, 0.29) is 0 Å². The molecule has 2 rings (SSSR count). The van der Waals surface area contributed by atoms with E-state index in [0.29, 0.717) is 5.25 Å². The SMILES string of the molecule is CC1CN=C(Nc2cccc(Br)c2)S1. The summed E-state index contributed by atoms with van der Waals surface area (Å²) >= 11 is 5.23. The highest BCUT2D eigenvalue weighted by Crippen LogP contribution is 2.23. The Labute approximate surface area is 96.3 Å². The molecule has 1 atom stereocenters. The molecule has 2 nitrogen and oxygen atoms in total. The summed E-state index contributed by atoms with van der Waals surface area (Å²) in [6, 6.07) is 8.11. The summed E-state index contributed by atoms with van der Waals surface area (Å²) in [5.74, 6) is 0. The smallest absolute Gasteiger partial charge is 0.161 e. The minimum Gasteiger partial charge on any atom is -0.335 e. The van der Waals surface area contributed by atoms with Gasteiger partial charge in [0.1, 0.15) is 0 Å². The first-order valence-electron chi connectivity index (χ1n) is 4.48. The number of hydrogen-bond donors (Lipinski definition) is 1. The first-order chi connectivity index (χ1) is 6.74. The van der Waals surface area contributed by atoms with E-state index in [9.17, 15) is 0 Å². The van der Waals surface area contributed by atoms with Crippen LogP contribution >= 0.6 is 27.7 Å². The van der Waals surface area contributed by atoms with E-state index in [0.717, 1.165) is 21.9 Å². The zero-order valence-electron chi connectivity index (χ0n) is 7.83. The van der Waals surface area contributed by atoms with Crippen LogP contribution in [0.4, 0.5) is 5.69 Å². The molecule has 1 aromatic carbocycles. The molecule has 0 saturated carbocycles. The summed E-state index contributed by atoms with van der Waals surface area (Å²) in [7, 11) is 0. The Balaban J connectivity index is 2.04. The molecule has 0 aromatic heterocycles. The second kappa shape index (κ2) is 4.36. The van der Waals surface area contributed by atoms with Gasteiger partial charge in [0.15, 0.2) is 5.17 Å². The van der Waals surface area contributed by atoms with Gasteiger partial charge in [0.05, 0.1) is 6.54 Å². The molecule has 0 radical (unpaired) electrons. The lowest BCUT2D eigenvalue weighted by atomic mass is 10.3. The number of nitrogens with one attached hydrogen (secondary N) is 1. The molecule has 1 heterocycles. The average molecular weight is 271 g/mol. The van der Waals surface area contributed by atoms with Gasteiger partial charge >= 0.3 is 0 Å². The molecular weight excluding hydrogens is 260 g/mol. The van der Waals surface area contributed by atoms with Gasteiger partial charge in [0, 0.05) is 15.4 Å². The van der Waals surface area contributed by atoms with E-state index < -0.39 is 0 Å². The number of amidine groups is 1. The summed E-state index contributed by atoms with van der Waals surface area (Å²) in [4.78, 5) is 4.39. The van der Waals surface area contributed by atoms with Crippen LogP contribution in [-0.2, 0) is 0 Å². The molecule has 1 unspecified atom stereocenters. The molecule has 4 heteroatoms. The van der Waals surface area contributed by atoms with Gasteiger partial charge in [0.25, 0.3) is 0 Å². The van der Waals surface area contributed by atoms with Gasteiger partial charge in [-0.1, -0.05) is 40.7 Å². The molecule has 1 aromatic rings. The largest absolute Gasteiger partial charge is 0.335 e. The van der Waals surface area contributed by atoms with Crippen molar-refractivity contribution in [3.8, 4) is 0 Å². The Kier molecular flexibility index (Phi) is 3.13. The van der Waals surface area contributed by atoms with E-state index in [4.69, 9.17) is 0 Å². The van der Waals surface area contributed by atoms with Crippen molar-refractivity contribution in [3.63, 3.8) is 0 Å². The van der Waals surface area contributed by atoms with Gasteiger partial charge in [-0.25, -0.2) is 0 Å². The molecule has 74 valence electrons. The van der Waals surface area contributed by atoms with E-state index in [1.54, 1.807) is 11.8 Å². The van der Waals surface area contributed by atoms with Crippen LogP contribution in [0.25, 0.3) is 0 Å². The van der Waals surface area contributed by atoms with Crippen molar-refractivity contribution < 1.29 is 0 Å². The maximum absolute atomic E-state index is 4.39. The highest BCUT2D eigenvalue weighted by molar-refractivity contribution is 9.10. The second-order valence-corrected chi connectivity index (χ2v) is 5.55. The lowest BCUT2D eigenvalue weighted by Gasteiger charge is -2.05. The summed E-state index contributed by atoms with van der Waals surface area (Å²) in [6.45, 7) is 3.10. The standard InChI is InChI=1S/C10H11BrN2S/c1-7-6-12-10(14-7)13-9-4-2-3-8(11)5-9/h2-5,7H,6H2,1H3,(H,12,13). The number of rotatable bonds is 1. The molecule has 14 heavy (non-hydrogen) atoms. The Morgan fingerprint density at radius 3 is 3.07 bits per heavy atom. The van der Waals surface area contributed by atoms with Gasteiger partial charge in [0.2, 0.25) is 0 Å². The quantitative estimate of drug-likeness (QED) is 0.847. The lowest BCUT2D eigenvalue weighted by molar-refractivity contribution is 0.976. The van der Waals surface area contributed by atoms with Gasteiger partial charge in [-0.05, 0) is 18.2 Å². The van der Waals surface area contributed by atoms with Crippen molar-refractivity contribution in [1.29, 1.82) is 0 Å². The Bertz CT molecular complexity index is 365. The fourth-order valence-electron chi connectivity index (χ4n) is 1.24. The predicted molar refractivity (Wildman–Crippen MR) is 67.1 cm³/mol. The normalized spacial score (nSPS) is 20.7. The van der Waals surface area contributed by atoms with Crippen molar-refractivity contribution in [2.45, 2.75) is 12.2 Å². The topological polar surface area (TPSA) is 24.4 Å². The maximum atomic E-state index is 4.39. The fraction of sp³-hybridized carbons (Fsp3) is 0.300. The molecular formula is C10H11BrN2S. The summed E-state index contributed by atoms with van der Waals surface area (Å²) in [5.41, 5.74) is 1.08. The third-order valence-corrected chi connectivity index (χ3v) is 3.38. The maximum Gasteiger partial charge on any atom is 0.161 e. The fourth-order valence-corrected chi connectivity index (χ4v) is 2.49. The second-order valence-electron chi connectivity index (χ2n) is 3.21. The zero-order chi connectivity index (χ0) is 9.97. The molecule has 0 aliphatic carbocycles. The molecule has 1 aliphatic rings. The molecule has 1 N–H and O–H groups in total. The molecule has 0 bridgehead atoms. The van der Waals surface area contributed by atoms with E-state index in [1.165, 1.54) is 0 Å². The van der Waals surface area contributed by atoms with Crippen molar-refractivity contribution in [3.05, 3.63) is 28.7 Å². The number of nitrogens with zero attached hydrogens (tertiary/aromatic N) is 1.